The number of halogens is 4. The van der Waals surface area contributed by atoms with Crippen LogP contribution in [0.5, 0.6) is 0 Å². The molecule has 0 spiro atoms. The first-order chi connectivity index (χ1) is 5.95. The first-order valence-electron chi connectivity index (χ1n) is 3.85. The van der Waals surface area contributed by atoms with Gasteiger partial charge in [0.25, 0.3) is 0 Å². The number of hydrogen-bond acceptors (Lipinski definition) is 3. The van der Waals surface area contributed by atoms with E-state index in [-0.39, 0.29) is 25.2 Å². The Labute approximate surface area is 85.4 Å². The molecule has 1 aliphatic rings. The Hall–Kier alpha value is -0.490. The third kappa shape index (κ3) is 3.02. The van der Waals surface area contributed by atoms with Gasteiger partial charge in [-0.3, -0.25) is 10.1 Å². The van der Waals surface area contributed by atoms with Gasteiger partial charge in [-0.15, -0.1) is 12.4 Å². The summed E-state index contributed by atoms with van der Waals surface area (Å²) in [5.74, 6) is -0.633. The molecule has 2 atom stereocenters. The van der Waals surface area contributed by atoms with E-state index in [9.17, 15) is 18.0 Å². The zero-order valence-corrected chi connectivity index (χ0v) is 8.24. The zero-order valence-electron chi connectivity index (χ0n) is 7.43. The summed E-state index contributed by atoms with van der Waals surface area (Å²) in [4.78, 5) is 10.8. The maximum absolute atomic E-state index is 12.1. The monoisotopic (exact) mass is 233 g/mol. The standard InChI is InChI=1S/C7H10F3NO2.ClH/c1-13-6(12)4-2-3-5(11-4)7(8,9)10;/h4-5,11H,2-3H2,1H3;1H/t4-,5+;/m0./s1. The van der Waals surface area contributed by atoms with Crippen molar-refractivity contribution in [1.29, 1.82) is 0 Å². The topological polar surface area (TPSA) is 38.3 Å². The highest BCUT2D eigenvalue weighted by atomic mass is 35.5. The van der Waals surface area contributed by atoms with Crippen molar-refractivity contribution in [3.05, 3.63) is 0 Å². The van der Waals surface area contributed by atoms with Gasteiger partial charge in [0.15, 0.2) is 0 Å². The molecule has 0 aromatic rings. The molecule has 0 aliphatic carbocycles. The zero-order chi connectivity index (χ0) is 10.1. The van der Waals surface area contributed by atoms with Crippen molar-refractivity contribution in [2.45, 2.75) is 31.1 Å². The Balaban J connectivity index is 0.00000169. The lowest BCUT2D eigenvalue weighted by Crippen LogP contribution is -2.43. The molecule has 1 heterocycles. The maximum Gasteiger partial charge on any atom is 0.403 e. The van der Waals surface area contributed by atoms with Gasteiger partial charge in [0, 0.05) is 0 Å². The number of alkyl halides is 3. The van der Waals surface area contributed by atoms with Crippen LogP contribution in [0.25, 0.3) is 0 Å². The van der Waals surface area contributed by atoms with Crippen LogP contribution < -0.4 is 5.32 Å². The molecule has 0 aromatic carbocycles. The summed E-state index contributed by atoms with van der Waals surface area (Å²) >= 11 is 0. The van der Waals surface area contributed by atoms with Crippen molar-refractivity contribution < 1.29 is 22.7 Å². The quantitative estimate of drug-likeness (QED) is 0.693. The van der Waals surface area contributed by atoms with Crippen molar-refractivity contribution in [3.8, 4) is 0 Å². The van der Waals surface area contributed by atoms with Gasteiger partial charge in [0.1, 0.15) is 12.1 Å². The van der Waals surface area contributed by atoms with Crippen LogP contribution in [0.4, 0.5) is 13.2 Å². The van der Waals surface area contributed by atoms with Crippen molar-refractivity contribution in [1.82, 2.24) is 5.32 Å². The average molecular weight is 234 g/mol. The second-order valence-electron chi connectivity index (χ2n) is 2.91. The van der Waals surface area contributed by atoms with Gasteiger partial charge in [0.05, 0.1) is 7.11 Å². The number of ether oxygens (including phenoxy) is 1. The largest absolute Gasteiger partial charge is 0.468 e. The molecule has 0 saturated carbocycles. The minimum atomic E-state index is -4.28. The summed E-state index contributed by atoms with van der Waals surface area (Å²) in [6, 6.07) is -2.38. The van der Waals surface area contributed by atoms with E-state index in [0.29, 0.717) is 0 Å². The molecule has 84 valence electrons. The van der Waals surface area contributed by atoms with E-state index in [1.54, 1.807) is 0 Å². The Morgan fingerprint density at radius 1 is 1.43 bits per heavy atom. The van der Waals surface area contributed by atoms with Crippen molar-refractivity contribution in [3.63, 3.8) is 0 Å². The first kappa shape index (κ1) is 13.5. The SMILES string of the molecule is COC(=O)[C@@H]1CC[C@H](C(F)(F)F)N1.Cl. The Kier molecular flexibility index (Phi) is 4.67. The van der Waals surface area contributed by atoms with E-state index in [4.69, 9.17) is 0 Å². The number of carbonyl (C=O) groups excluding carboxylic acids is 1. The summed E-state index contributed by atoms with van der Waals surface area (Å²) in [5.41, 5.74) is 0. The number of hydrogen-bond donors (Lipinski definition) is 1. The Morgan fingerprint density at radius 2 is 2.00 bits per heavy atom. The van der Waals surface area contributed by atoms with Crippen molar-refractivity contribution >= 4 is 18.4 Å². The molecular weight excluding hydrogens is 223 g/mol. The van der Waals surface area contributed by atoms with Crippen LogP contribution in [0.3, 0.4) is 0 Å². The fourth-order valence-electron chi connectivity index (χ4n) is 1.33. The van der Waals surface area contributed by atoms with Gasteiger partial charge in [0.2, 0.25) is 0 Å². The summed E-state index contributed by atoms with van der Waals surface area (Å²) < 4.78 is 40.6. The Morgan fingerprint density at radius 3 is 2.36 bits per heavy atom. The molecule has 0 bridgehead atoms. The predicted molar refractivity (Wildman–Crippen MR) is 45.3 cm³/mol. The van der Waals surface area contributed by atoms with Crippen LogP contribution >= 0.6 is 12.4 Å². The third-order valence-electron chi connectivity index (χ3n) is 2.03. The van der Waals surface area contributed by atoms with E-state index in [2.05, 4.69) is 10.1 Å². The molecule has 0 aromatic heterocycles. The molecule has 1 fully saturated rings. The van der Waals surface area contributed by atoms with E-state index < -0.39 is 24.2 Å². The van der Waals surface area contributed by atoms with Crippen LogP contribution in [-0.4, -0.2) is 31.3 Å². The van der Waals surface area contributed by atoms with Gasteiger partial charge in [-0.05, 0) is 12.8 Å². The number of nitrogens with one attached hydrogen (secondary N) is 1. The van der Waals surface area contributed by atoms with E-state index in [1.807, 2.05) is 0 Å². The van der Waals surface area contributed by atoms with Gasteiger partial charge in [-0.2, -0.15) is 13.2 Å². The molecule has 14 heavy (non-hydrogen) atoms. The van der Waals surface area contributed by atoms with Gasteiger partial charge < -0.3 is 4.74 Å². The normalized spacial score (nSPS) is 26.9. The minimum absolute atomic E-state index is 0. The molecule has 1 aliphatic heterocycles. The van der Waals surface area contributed by atoms with E-state index in [1.165, 1.54) is 0 Å². The van der Waals surface area contributed by atoms with Crippen molar-refractivity contribution in [2.75, 3.05) is 7.11 Å². The molecule has 1 N–H and O–H groups in total. The lowest BCUT2D eigenvalue weighted by molar-refractivity contribution is -0.155. The summed E-state index contributed by atoms with van der Waals surface area (Å²) in [7, 11) is 1.16. The number of methoxy groups -OCH3 is 1. The van der Waals surface area contributed by atoms with E-state index >= 15 is 0 Å². The molecule has 0 radical (unpaired) electrons. The van der Waals surface area contributed by atoms with Crippen LogP contribution in [0, 0.1) is 0 Å². The number of rotatable bonds is 1. The first-order valence-corrected chi connectivity index (χ1v) is 3.85. The maximum atomic E-state index is 12.1. The van der Waals surface area contributed by atoms with Crippen molar-refractivity contribution in [2.24, 2.45) is 0 Å². The number of carbonyl (C=O) groups is 1. The van der Waals surface area contributed by atoms with Gasteiger partial charge >= 0.3 is 12.1 Å². The lowest BCUT2D eigenvalue weighted by atomic mass is 10.2. The highest BCUT2D eigenvalue weighted by Gasteiger charge is 2.45. The van der Waals surface area contributed by atoms with Crippen LogP contribution in [0.15, 0.2) is 0 Å². The Bertz CT molecular complexity index is 210. The highest BCUT2D eigenvalue weighted by Crippen LogP contribution is 2.28. The number of esters is 1. The van der Waals surface area contributed by atoms with Gasteiger partial charge in [-0.1, -0.05) is 0 Å². The van der Waals surface area contributed by atoms with Crippen LogP contribution in [-0.2, 0) is 9.53 Å². The fourth-order valence-corrected chi connectivity index (χ4v) is 1.33. The highest BCUT2D eigenvalue weighted by molar-refractivity contribution is 5.85. The lowest BCUT2D eigenvalue weighted by Gasteiger charge is -2.15. The average Bonchev–Trinajstić information content (AvgIpc) is 2.50. The predicted octanol–water partition coefficient (Wildman–Crippen LogP) is 1.26. The molecular formula is C7H11ClF3NO2. The molecule has 0 amide bonds. The third-order valence-corrected chi connectivity index (χ3v) is 2.03. The molecule has 3 nitrogen and oxygen atoms in total. The molecule has 7 heteroatoms. The second kappa shape index (κ2) is 4.84. The second-order valence-corrected chi connectivity index (χ2v) is 2.91. The van der Waals surface area contributed by atoms with Gasteiger partial charge in [-0.25, -0.2) is 0 Å². The molecule has 1 saturated heterocycles. The summed E-state index contributed by atoms with van der Waals surface area (Å²) in [6.07, 6.45) is -4.16. The molecule has 1 rings (SSSR count). The summed E-state index contributed by atoms with van der Waals surface area (Å²) in [5, 5.41) is 2.18. The van der Waals surface area contributed by atoms with Crippen LogP contribution in [0.2, 0.25) is 0 Å². The molecule has 0 unspecified atom stereocenters. The van der Waals surface area contributed by atoms with Crippen LogP contribution in [0.1, 0.15) is 12.8 Å². The fraction of sp³-hybridized carbons (Fsp3) is 0.857. The van der Waals surface area contributed by atoms with E-state index in [0.717, 1.165) is 7.11 Å². The minimum Gasteiger partial charge on any atom is -0.468 e. The summed E-state index contributed by atoms with van der Waals surface area (Å²) in [6.45, 7) is 0. The smallest absolute Gasteiger partial charge is 0.403 e.